The van der Waals surface area contributed by atoms with Crippen LogP contribution in [0.25, 0.3) is 22.2 Å². The molecule has 1 aliphatic rings. The van der Waals surface area contributed by atoms with Gasteiger partial charge in [0.05, 0.1) is 22.1 Å². The summed E-state index contributed by atoms with van der Waals surface area (Å²) in [7, 11) is 1.71. The summed E-state index contributed by atoms with van der Waals surface area (Å²) in [6.45, 7) is 0. The highest BCUT2D eigenvalue weighted by Gasteiger charge is 2.51. The van der Waals surface area contributed by atoms with Crippen molar-refractivity contribution in [1.29, 1.82) is 0 Å². The van der Waals surface area contributed by atoms with Crippen LogP contribution in [0.2, 0.25) is 0 Å². The van der Waals surface area contributed by atoms with Gasteiger partial charge < -0.3 is 22.1 Å². The Morgan fingerprint density at radius 2 is 1.70 bits per heavy atom. The van der Waals surface area contributed by atoms with Gasteiger partial charge in [-0.25, -0.2) is 14.5 Å². The normalized spacial score (nSPS) is 14.4. The minimum absolute atomic E-state index is 0.00570. The molecule has 0 spiro atoms. The Balaban J connectivity index is 1.41. The van der Waals surface area contributed by atoms with Crippen LogP contribution in [0.5, 0.6) is 0 Å². The van der Waals surface area contributed by atoms with Crippen molar-refractivity contribution in [2.75, 3.05) is 16.4 Å². The molecule has 5 rings (SSSR count). The number of carbonyl (C=O) groups excluding carboxylic acids is 2. The van der Waals surface area contributed by atoms with Crippen LogP contribution >= 0.6 is 0 Å². The summed E-state index contributed by atoms with van der Waals surface area (Å²) in [6.07, 6.45) is -3.30. The molecule has 37 heavy (non-hydrogen) atoms. The molecule has 6 N–H and O–H groups in total. The molecule has 1 aliphatic carbocycles. The second-order valence-electron chi connectivity index (χ2n) is 8.94. The predicted molar refractivity (Wildman–Crippen MR) is 133 cm³/mol. The molecule has 190 valence electrons. The van der Waals surface area contributed by atoms with Gasteiger partial charge in [-0.05, 0) is 60.4 Å². The minimum atomic E-state index is -4.52. The van der Waals surface area contributed by atoms with Crippen molar-refractivity contribution in [2.24, 2.45) is 12.8 Å². The Labute approximate surface area is 208 Å². The van der Waals surface area contributed by atoms with E-state index >= 15 is 0 Å². The van der Waals surface area contributed by atoms with Crippen LogP contribution in [-0.2, 0) is 23.4 Å². The van der Waals surface area contributed by atoms with Crippen molar-refractivity contribution in [1.82, 2.24) is 14.8 Å². The lowest BCUT2D eigenvalue weighted by atomic mass is 9.95. The standard InChI is InChI=1S/C25H22F3N7O2/c1-35-21-19(20(29)34-35)17(12-18(33-21)24(9-10-24)22(30)36)13-5-7-15(8-6-13)31-23(37)32-16-4-2-3-14(11-16)25(26,27)28/h2-8,11-12H,9-10H2,1H3,(H2,29,34)(H2,30,36)(H2,31,32,37). The number of nitrogens with two attached hydrogens (primary N) is 2. The van der Waals surface area contributed by atoms with Gasteiger partial charge in [-0.15, -0.1) is 0 Å². The summed E-state index contributed by atoms with van der Waals surface area (Å²) in [6, 6.07) is 12.2. The number of halogens is 3. The maximum atomic E-state index is 12.9. The van der Waals surface area contributed by atoms with Crippen molar-refractivity contribution in [3.63, 3.8) is 0 Å². The fraction of sp³-hybridized carbons (Fsp3) is 0.200. The van der Waals surface area contributed by atoms with Crippen LogP contribution < -0.4 is 22.1 Å². The average molecular weight is 509 g/mol. The number of nitrogen functional groups attached to an aromatic ring is 1. The zero-order valence-electron chi connectivity index (χ0n) is 19.6. The number of hydrogen-bond donors (Lipinski definition) is 4. The topological polar surface area (TPSA) is 141 Å². The number of amides is 3. The van der Waals surface area contributed by atoms with Crippen molar-refractivity contribution in [2.45, 2.75) is 24.4 Å². The molecule has 0 saturated heterocycles. The summed E-state index contributed by atoms with van der Waals surface area (Å²) < 4.78 is 40.3. The highest BCUT2D eigenvalue weighted by atomic mass is 19.4. The van der Waals surface area contributed by atoms with E-state index in [1.807, 2.05) is 0 Å². The number of aryl methyl sites for hydroxylation is 1. The number of nitrogens with zero attached hydrogens (tertiary/aromatic N) is 3. The minimum Gasteiger partial charge on any atom is -0.382 e. The number of pyridine rings is 1. The molecule has 9 nitrogen and oxygen atoms in total. The lowest BCUT2D eigenvalue weighted by Crippen LogP contribution is -2.29. The number of primary amides is 1. The molecular weight excluding hydrogens is 487 g/mol. The van der Waals surface area contributed by atoms with Gasteiger partial charge in [0.25, 0.3) is 0 Å². The van der Waals surface area contributed by atoms with E-state index in [9.17, 15) is 22.8 Å². The highest BCUT2D eigenvalue weighted by Crippen LogP contribution is 2.49. The van der Waals surface area contributed by atoms with E-state index in [1.54, 1.807) is 42.1 Å². The number of nitrogens with one attached hydrogen (secondary N) is 2. The van der Waals surface area contributed by atoms with E-state index < -0.39 is 29.1 Å². The summed E-state index contributed by atoms with van der Waals surface area (Å²) >= 11 is 0. The molecule has 2 aromatic heterocycles. The molecule has 0 radical (unpaired) electrons. The highest BCUT2D eigenvalue weighted by molar-refractivity contribution is 6.02. The van der Waals surface area contributed by atoms with Gasteiger partial charge in [-0.2, -0.15) is 18.3 Å². The third kappa shape index (κ3) is 4.41. The molecule has 0 unspecified atom stereocenters. The molecular formula is C25H22F3N7O2. The first-order valence-electron chi connectivity index (χ1n) is 11.3. The number of rotatable bonds is 5. The zero-order valence-corrected chi connectivity index (χ0v) is 19.6. The third-order valence-electron chi connectivity index (χ3n) is 6.43. The lowest BCUT2D eigenvalue weighted by Gasteiger charge is -2.14. The third-order valence-corrected chi connectivity index (χ3v) is 6.43. The van der Waals surface area contributed by atoms with Gasteiger partial charge in [-0.3, -0.25) is 4.79 Å². The molecule has 1 saturated carbocycles. The number of urea groups is 1. The molecule has 2 heterocycles. The molecule has 0 bridgehead atoms. The number of anilines is 3. The quantitative estimate of drug-likeness (QED) is 0.316. The van der Waals surface area contributed by atoms with Crippen LogP contribution in [0.4, 0.5) is 35.2 Å². The van der Waals surface area contributed by atoms with Crippen molar-refractivity contribution in [3.8, 4) is 11.1 Å². The van der Waals surface area contributed by atoms with Crippen LogP contribution in [0.15, 0.2) is 54.6 Å². The Kier molecular flexibility index (Phi) is 5.54. The Morgan fingerprint density at radius 1 is 1.03 bits per heavy atom. The second-order valence-corrected chi connectivity index (χ2v) is 8.94. The molecule has 4 aromatic rings. The average Bonchev–Trinajstić information content (AvgIpc) is 3.60. The van der Waals surface area contributed by atoms with Crippen LogP contribution in [0, 0.1) is 0 Å². The summed E-state index contributed by atoms with van der Waals surface area (Å²) in [5.74, 6) is -0.162. The van der Waals surface area contributed by atoms with Gasteiger partial charge in [0.1, 0.15) is 0 Å². The van der Waals surface area contributed by atoms with Gasteiger partial charge in [0, 0.05) is 18.4 Å². The Morgan fingerprint density at radius 3 is 2.32 bits per heavy atom. The number of fused-ring (bicyclic) bond motifs is 1. The summed E-state index contributed by atoms with van der Waals surface area (Å²) in [4.78, 5) is 29.1. The Bertz CT molecular complexity index is 1540. The van der Waals surface area contributed by atoms with E-state index in [1.165, 1.54) is 12.1 Å². The van der Waals surface area contributed by atoms with Gasteiger partial charge in [-0.1, -0.05) is 18.2 Å². The van der Waals surface area contributed by atoms with Crippen LogP contribution in [-0.4, -0.2) is 26.7 Å². The van der Waals surface area contributed by atoms with Gasteiger partial charge in [0.2, 0.25) is 5.91 Å². The summed E-state index contributed by atoms with van der Waals surface area (Å²) in [5.41, 5.74) is 13.1. The first kappa shape index (κ1) is 24.1. The van der Waals surface area contributed by atoms with E-state index in [4.69, 9.17) is 11.5 Å². The SMILES string of the molecule is Cn1nc(N)c2c(-c3ccc(NC(=O)Nc4cccc(C(F)(F)F)c4)cc3)cc(C3(C(N)=O)CC3)nc21. The fourth-order valence-corrected chi connectivity index (χ4v) is 4.30. The largest absolute Gasteiger partial charge is 0.416 e. The molecule has 1 fully saturated rings. The first-order valence-corrected chi connectivity index (χ1v) is 11.3. The maximum Gasteiger partial charge on any atom is 0.416 e. The number of benzene rings is 2. The second kappa shape index (κ2) is 8.50. The van der Waals surface area contributed by atoms with Crippen molar-refractivity contribution in [3.05, 3.63) is 65.9 Å². The van der Waals surface area contributed by atoms with Crippen LogP contribution in [0.1, 0.15) is 24.1 Å². The Hall–Kier alpha value is -4.61. The van der Waals surface area contributed by atoms with Crippen molar-refractivity contribution >= 4 is 40.2 Å². The van der Waals surface area contributed by atoms with Crippen molar-refractivity contribution < 1.29 is 22.8 Å². The molecule has 0 aliphatic heterocycles. The van der Waals surface area contributed by atoms with Crippen LogP contribution in [0.3, 0.4) is 0 Å². The molecule has 3 amide bonds. The molecule has 2 aromatic carbocycles. The lowest BCUT2D eigenvalue weighted by molar-refractivity contribution is -0.137. The zero-order chi connectivity index (χ0) is 26.5. The number of alkyl halides is 3. The van der Waals surface area contributed by atoms with Gasteiger partial charge in [0.15, 0.2) is 11.5 Å². The number of carbonyl (C=O) groups is 2. The summed E-state index contributed by atoms with van der Waals surface area (Å²) in [5, 5.41) is 9.87. The fourth-order valence-electron chi connectivity index (χ4n) is 4.30. The molecule has 0 atom stereocenters. The molecule has 12 heteroatoms. The van der Waals surface area contributed by atoms with E-state index in [2.05, 4.69) is 20.7 Å². The number of hydrogen-bond acceptors (Lipinski definition) is 5. The van der Waals surface area contributed by atoms with E-state index in [0.29, 0.717) is 40.8 Å². The monoisotopic (exact) mass is 509 g/mol. The predicted octanol–water partition coefficient (Wildman–Crippen LogP) is 4.40. The first-order chi connectivity index (χ1) is 17.5. The number of aromatic nitrogens is 3. The maximum absolute atomic E-state index is 12.9. The van der Waals surface area contributed by atoms with E-state index in [-0.39, 0.29) is 11.5 Å². The smallest absolute Gasteiger partial charge is 0.382 e. The van der Waals surface area contributed by atoms with E-state index in [0.717, 1.165) is 17.7 Å². The van der Waals surface area contributed by atoms with Gasteiger partial charge >= 0.3 is 12.2 Å².